The van der Waals surface area contributed by atoms with E-state index in [1.807, 2.05) is 0 Å². The lowest BCUT2D eigenvalue weighted by molar-refractivity contribution is -0.135. The summed E-state index contributed by atoms with van der Waals surface area (Å²) < 4.78 is 1.21. The Morgan fingerprint density at radius 3 is 2.55 bits per heavy atom. The van der Waals surface area contributed by atoms with Gasteiger partial charge in [-0.25, -0.2) is 0 Å². The molecule has 2 atom stereocenters. The van der Waals surface area contributed by atoms with Gasteiger partial charge in [0.2, 0.25) is 11.8 Å². The van der Waals surface area contributed by atoms with E-state index in [0.29, 0.717) is 17.5 Å². The molecule has 0 radical (unpaired) electrons. The fourth-order valence-electron chi connectivity index (χ4n) is 3.13. The molecule has 1 fully saturated rings. The number of nitrogens with one attached hydrogen (secondary N) is 1. The molecule has 0 bridgehead atoms. The molecule has 2 amide bonds. The van der Waals surface area contributed by atoms with E-state index in [-0.39, 0.29) is 36.6 Å². The van der Waals surface area contributed by atoms with E-state index in [1.165, 1.54) is 4.57 Å². The first kappa shape index (κ1) is 13.0. The molecule has 20 heavy (non-hydrogen) atoms. The molecule has 5 N–H and O–H groups in total. The minimum absolute atomic E-state index is 0.109. The quantitative estimate of drug-likeness (QED) is 0.548. The van der Waals surface area contributed by atoms with Crippen LogP contribution in [0.1, 0.15) is 48.9 Å². The van der Waals surface area contributed by atoms with E-state index in [0.717, 1.165) is 12.8 Å². The summed E-state index contributed by atoms with van der Waals surface area (Å²) in [6.45, 7) is 0. The van der Waals surface area contributed by atoms with Crippen molar-refractivity contribution in [2.45, 2.75) is 44.2 Å². The van der Waals surface area contributed by atoms with Gasteiger partial charge in [-0.05, 0) is 25.7 Å². The first-order valence-electron chi connectivity index (χ1n) is 6.75. The molecule has 3 rings (SSSR count). The number of hydrogen-bond donors (Lipinski definition) is 4. The molecule has 1 aromatic rings. The zero-order valence-electron chi connectivity index (χ0n) is 10.9. The van der Waals surface area contributed by atoms with Crippen LogP contribution < -0.4 is 11.1 Å². The molecule has 2 unspecified atom stereocenters. The SMILES string of the molecule is NC1CCCc2c1c(O)n(C1CCC(=O)NC1=O)c2O. The van der Waals surface area contributed by atoms with Crippen LogP contribution in [0.4, 0.5) is 0 Å². The molecule has 1 aliphatic heterocycles. The number of nitrogens with two attached hydrogens (primary N) is 1. The number of imide groups is 1. The average Bonchev–Trinajstić information content (AvgIpc) is 2.64. The highest BCUT2D eigenvalue weighted by atomic mass is 16.3. The van der Waals surface area contributed by atoms with Crippen molar-refractivity contribution in [3.8, 4) is 11.8 Å². The van der Waals surface area contributed by atoms with Gasteiger partial charge in [0.1, 0.15) is 6.04 Å². The standard InChI is InChI=1S/C13H17N3O4/c14-7-3-1-2-6-10(7)13(20)16(12(6)19)8-4-5-9(17)15-11(8)18/h7-8,19-20H,1-5,14H2,(H,15,17,18). The van der Waals surface area contributed by atoms with Crippen LogP contribution in [0, 0.1) is 0 Å². The molecular formula is C13H17N3O4. The second kappa shape index (κ2) is 4.52. The minimum atomic E-state index is -0.773. The van der Waals surface area contributed by atoms with Gasteiger partial charge in [0.05, 0.1) is 0 Å². The third kappa shape index (κ3) is 1.77. The fourth-order valence-corrected chi connectivity index (χ4v) is 3.13. The fraction of sp³-hybridized carbons (Fsp3) is 0.538. The van der Waals surface area contributed by atoms with Crippen LogP contribution in [0.25, 0.3) is 0 Å². The van der Waals surface area contributed by atoms with Crippen LogP contribution in [-0.4, -0.2) is 26.6 Å². The van der Waals surface area contributed by atoms with Gasteiger partial charge in [0, 0.05) is 23.6 Å². The number of aromatic hydroxyl groups is 2. The Hall–Kier alpha value is -2.02. The Balaban J connectivity index is 2.06. The molecule has 108 valence electrons. The van der Waals surface area contributed by atoms with E-state index in [1.54, 1.807) is 0 Å². The Bertz CT molecular complexity index is 593. The predicted molar refractivity (Wildman–Crippen MR) is 69.0 cm³/mol. The lowest BCUT2D eigenvalue weighted by Gasteiger charge is -2.23. The topological polar surface area (TPSA) is 118 Å². The summed E-state index contributed by atoms with van der Waals surface area (Å²) in [7, 11) is 0. The Morgan fingerprint density at radius 2 is 1.90 bits per heavy atom. The average molecular weight is 279 g/mol. The van der Waals surface area contributed by atoms with Crippen molar-refractivity contribution in [1.82, 2.24) is 9.88 Å². The van der Waals surface area contributed by atoms with Crippen molar-refractivity contribution >= 4 is 11.8 Å². The lowest BCUT2D eigenvalue weighted by Crippen LogP contribution is -2.41. The van der Waals surface area contributed by atoms with E-state index >= 15 is 0 Å². The second-order valence-electron chi connectivity index (χ2n) is 5.38. The molecular weight excluding hydrogens is 262 g/mol. The summed E-state index contributed by atoms with van der Waals surface area (Å²) in [5.74, 6) is -1.10. The van der Waals surface area contributed by atoms with E-state index < -0.39 is 11.9 Å². The van der Waals surface area contributed by atoms with E-state index in [4.69, 9.17) is 5.73 Å². The monoisotopic (exact) mass is 279 g/mol. The Labute approximate surface area is 115 Å². The molecule has 0 spiro atoms. The van der Waals surface area contributed by atoms with Crippen LogP contribution in [0.2, 0.25) is 0 Å². The molecule has 2 heterocycles. The van der Waals surface area contributed by atoms with Crippen molar-refractivity contribution in [2.75, 3.05) is 0 Å². The van der Waals surface area contributed by atoms with Gasteiger partial charge in [0.25, 0.3) is 0 Å². The number of hydrogen-bond acceptors (Lipinski definition) is 5. The van der Waals surface area contributed by atoms with Crippen molar-refractivity contribution in [3.63, 3.8) is 0 Å². The number of aromatic nitrogens is 1. The van der Waals surface area contributed by atoms with Crippen LogP contribution >= 0.6 is 0 Å². The highest BCUT2D eigenvalue weighted by Crippen LogP contribution is 2.45. The smallest absolute Gasteiger partial charge is 0.249 e. The maximum Gasteiger partial charge on any atom is 0.249 e. The summed E-state index contributed by atoms with van der Waals surface area (Å²) in [5, 5.41) is 22.8. The number of amides is 2. The van der Waals surface area contributed by atoms with Gasteiger partial charge < -0.3 is 15.9 Å². The Morgan fingerprint density at radius 1 is 1.15 bits per heavy atom. The van der Waals surface area contributed by atoms with E-state index in [9.17, 15) is 19.8 Å². The third-order valence-electron chi connectivity index (χ3n) is 4.13. The molecule has 1 saturated heterocycles. The summed E-state index contributed by atoms with van der Waals surface area (Å²) in [4.78, 5) is 23.1. The van der Waals surface area contributed by atoms with Gasteiger partial charge in [0.15, 0.2) is 11.8 Å². The molecule has 7 nitrogen and oxygen atoms in total. The van der Waals surface area contributed by atoms with Gasteiger partial charge in [-0.2, -0.15) is 0 Å². The molecule has 1 aromatic heterocycles. The molecule has 0 aromatic carbocycles. The predicted octanol–water partition coefficient (Wildman–Crippen LogP) is 0.213. The molecule has 7 heteroatoms. The summed E-state index contributed by atoms with van der Waals surface area (Å²) in [6, 6.07) is -1.11. The normalized spacial score (nSPS) is 26.2. The molecule has 0 saturated carbocycles. The number of carbonyl (C=O) groups is 2. The van der Waals surface area contributed by atoms with Crippen LogP contribution in [0.5, 0.6) is 11.8 Å². The van der Waals surface area contributed by atoms with Crippen LogP contribution in [0.3, 0.4) is 0 Å². The third-order valence-corrected chi connectivity index (χ3v) is 4.13. The Kier molecular flexibility index (Phi) is 2.93. The number of piperidine rings is 1. The molecule has 1 aliphatic carbocycles. The number of nitrogens with zero attached hydrogens (tertiary/aromatic N) is 1. The summed E-state index contributed by atoms with van der Waals surface area (Å²) >= 11 is 0. The van der Waals surface area contributed by atoms with Gasteiger partial charge in [-0.3, -0.25) is 19.5 Å². The highest BCUT2D eigenvalue weighted by molar-refractivity contribution is 5.99. The van der Waals surface area contributed by atoms with Crippen molar-refractivity contribution in [1.29, 1.82) is 0 Å². The van der Waals surface area contributed by atoms with Gasteiger partial charge >= 0.3 is 0 Å². The number of carbonyl (C=O) groups excluding carboxylic acids is 2. The van der Waals surface area contributed by atoms with Crippen molar-refractivity contribution < 1.29 is 19.8 Å². The molecule has 2 aliphatic rings. The summed E-state index contributed by atoms with van der Waals surface area (Å²) in [5.41, 5.74) is 7.12. The van der Waals surface area contributed by atoms with Gasteiger partial charge in [-0.15, -0.1) is 0 Å². The maximum atomic E-state index is 11.9. The van der Waals surface area contributed by atoms with Crippen LogP contribution in [-0.2, 0) is 16.0 Å². The zero-order chi connectivity index (χ0) is 14.4. The minimum Gasteiger partial charge on any atom is -0.494 e. The van der Waals surface area contributed by atoms with Crippen molar-refractivity contribution in [2.24, 2.45) is 5.73 Å². The van der Waals surface area contributed by atoms with Crippen molar-refractivity contribution in [3.05, 3.63) is 11.1 Å². The maximum absolute atomic E-state index is 11.9. The largest absolute Gasteiger partial charge is 0.494 e. The lowest BCUT2D eigenvalue weighted by atomic mass is 9.91. The zero-order valence-corrected chi connectivity index (χ0v) is 10.9. The highest BCUT2D eigenvalue weighted by Gasteiger charge is 2.36. The summed E-state index contributed by atoms with van der Waals surface area (Å²) in [6.07, 6.45) is 2.64. The second-order valence-corrected chi connectivity index (χ2v) is 5.38. The van der Waals surface area contributed by atoms with Gasteiger partial charge in [-0.1, -0.05) is 0 Å². The van der Waals surface area contributed by atoms with E-state index in [2.05, 4.69) is 5.32 Å². The number of rotatable bonds is 1. The first-order valence-corrected chi connectivity index (χ1v) is 6.75. The number of fused-ring (bicyclic) bond motifs is 1. The first-order chi connectivity index (χ1) is 9.50. The van der Waals surface area contributed by atoms with Crippen LogP contribution in [0.15, 0.2) is 0 Å².